The average Bonchev–Trinajstić information content (AvgIpc) is 3.41. The van der Waals surface area contributed by atoms with Crippen molar-refractivity contribution in [1.82, 2.24) is 9.88 Å². The minimum Gasteiger partial charge on any atom is -0.494 e. The maximum Gasteiger partial charge on any atom is 0.305 e. The Labute approximate surface area is 201 Å². The maximum absolute atomic E-state index is 12.5. The summed E-state index contributed by atoms with van der Waals surface area (Å²) in [5.41, 5.74) is 1.74. The molecular formula is C25H40N2O7. The van der Waals surface area contributed by atoms with Gasteiger partial charge in [-0.3, -0.25) is 14.2 Å². The zero-order valence-corrected chi connectivity index (χ0v) is 20.3. The van der Waals surface area contributed by atoms with E-state index in [1.807, 2.05) is 6.92 Å². The number of hydrogen-bond acceptors (Lipinski definition) is 6. The van der Waals surface area contributed by atoms with E-state index in [4.69, 9.17) is 14.6 Å². The summed E-state index contributed by atoms with van der Waals surface area (Å²) >= 11 is 0. The minimum absolute atomic E-state index is 0.0155. The second-order valence-electron chi connectivity index (χ2n) is 9.66. The molecular weight excluding hydrogens is 440 g/mol. The summed E-state index contributed by atoms with van der Waals surface area (Å²) in [6, 6.07) is 0. The second kappa shape index (κ2) is 13.0. The van der Waals surface area contributed by atoms with Gasteiger partial charge in [0.2, 0.25) is 5.91 Å². The highest BCUT2D eigenvalue weighted by Gasteiger charge is 2.31. The third-order valence-corrected chi connectivity index (χ3v) is 7.29. The van der Waals surface area contributed by atoms with Crippen LogP contribution in [-0.2, 0) is 25.6 Å². The minimum atomic E-state index is -0.887. The lowest BCUT2D eigenvalue weighted by atomic mass is 9.81. The molecule has 1 aromatic rings. The van der Waals surface area contributed by atoms with Gasteiger partial charge in [0.25, 0.3) is 0 Å². The van der Waals surface area contributed by atoms with E-state index in [9.17, 15) is 19.8 Å². The zero-order valence-electron chi connectivity index (χ0n) is 20.3. The number of nitrogens with one attached hydrogen (secondary N) is 1. The van der Waals surface area contributed by atoms with Crippen LogP contribution < -0.4 is 5.32 Å². The van der Waals surface area contributed by atoms with Gasteiger partial charge in [-0.2, -0.15) is 0 Å². The monoisotopic (exact) mass is 480 g/mol. The van der Waals surface area contributed by atoms with Crippen molar-refractivity contribution < 1.29 is 34.4 Å². The quantitative estimate of drug-likeness (QED) is 0.319. The van der Waals surface area contributed by atoms with Gasteiger partial charge in [0.15, 0.2) is 11.8 Å². The summed E-state index contributed by atoms with van der Waals surface area (Å²) in [6.45, 7) is 4.17. The molecule has 0 aromatic carbocycles. The number of carboxylic acid groups (broad SMARTS) is 1. The first-order valence-electron chi connectivity index (χ1n) is 12.6. The van der Waals surface area contributed by atoms with Gasteiger partial charge in [-0.25, -0.2) is 0 Å². The molecule has 2 saturated carbocycles. The van der Waals surface area contributed by atoms with E-state index in [0.717, 1.165) is 49.7 Å². The third-order valence-electron chi connectivity index (χ3n) is 7.29. The van der Waals surface area contributed by atoms with Crippen molar-refractivity contribution in [2.45, 2.75) is 77.2 Å². The number of ether oxygens (including phenoxy) is 2. The molecule has 9 heteroatoms. The lowest BCUT2D eigenvalue weighted by Crippen LogP contribution is -2.35. The molecule has 4 N–H and O–H groups in total. The molecule has 3 rings (SSSR count). The SMILES string of the molecule is Cc1c(C2CCCC2)c(O)n(CC2CCC(C(=O)NCCOCCOCCC(=O)O)CC2)c1O. The molecule has 9 nitrogen and oxygen atoms in total. The van der Waals surface area contributed by atoms with Crippen LogP contribution in [0, 0.1) is 18.8 Å². The molecule has 1 heterocycles. The van der Waals surface area contributed by atoms with E-state index in [0.29, 0.717) is 44.7 Å². The molecule has 0 unspecified atom stereocenters. The van der Waals surface area contributed by atoms with Crippen LogP contribution in [0.2, 0.25) is 0 Å². The Morgan fingerprint density at radius 3 is 2.24 bits per heavy atom. The predicted octanol–water partition coefficient (Wildman–Crippen LogP) is 3.30. The van der Waals surface area contributed by atoms with Crippen LogP contribution in [0.4, 0.5) is 0 Å². The number of aromatic nitrogens is 1. The first-order chi connectivity index (χ1) is 16.4. The van der Waals surface area contributed by atoms with Crippen molar-refractivity contribution in [2.24, 2.45) is 11.8 Å². The highest BCUT2D eigenvalue weighted by Crippen LogP contribution is 2.45. The van der Waals surface area contributed by atoms with Crippen LogP contribution in [0.5, 0.6) is 11.8 Å². The summed E-state index contributed by atoms with van der Waals surface area (Å²) in [6.07, 6.45) is 7.85. The number of nitrogens with zero attached hydrogens (tertiary/aromatic N) is 1. The number of amides is 1. The molecule has 2 aliphatic rings. The summed E-state index contributed by atoms with van der Waals surface area (Å²) in [5.74, 6) is 0.237. The Morgan fingerprint density at radius 2 is 1.59 bits per heavy atom. The molecule has 0 radical (unpaired) electrons. The standard InChI is InChI=1S/C25H40N2O7/c1-17-22(19-4-2-3-5-19)25(32)27(24(17)31)16-18-6-8-20(9-7-18)23(30)26-11-13-34-15-14-33-12-10-21(28)29/h18-20,31-32H,2-16H2,1H3,(H,26,30)(H,28,29). The molecule has 0 atom stereocenters. The number of aliphatic carboxylic acids is 1. The Bertz CT molecular complexity index is 809. The Kier molecular flexibility index (Phi) is 10.1. The molecule has 192 valence electrons. The lowest BCUT2D eigenvalue weighted by molar-refractivity contribution is -0.138. The van der Waals surface area contributed by atoms with Crippen molar-refractivity contribution in [2.75, 3.05) is 33.0 Å². The van der Waals surface area contributed by atoms with E-state index in [1.165, 1.54) is 12.8 Å². The fourth-order valence-corrected chi connectivity index (χ4v) is 5.35. The number of rotatable bonds is 13. The van der Waals surface area contributed by atoms with Gasteiger partial charge in [0.1, 0.15) is 0 Å². The highest BCUT2D eigenvalue weighted by atomic mass is 16.5. The summed E-state index contributed by atoms with van der Waals surface area (Å²) in [5, 5.41) is 32.9. The molecule has 0 aliphatic heterocycles. The van der Waals surface area contributed by atoms with Gasteiger partial charge >= 0.3 is 5.97 Å². The van der Waals surface area contributed by atoms with Crippen LogP contribution in [-0.4, -0.2) is 64.7 Å². The molecule has 1 aromatic heterocycles. The lowest BCUT2D eigenvalue weighted by Gasteiger charge is -2.28. The van der Waals surface area contributed by atoms with E-state index in [1.54, 1.807) is 4.57 Å². The van der Waals surface area contributed by atoms with Gasteiger partial charge in [-0.15, -0.1) is 0 Å². The Balaban J connectivity index is 1.33. The third kappa shape index (κ3) is 7.12. The number of carbonyl (C=O) groups excluding carboxylic acids is 1. The molecule has 0 bridgehead atoms. The molecule has 0 spiro atoms. The van der Waals surface area contributed by atoms with Crippen molar-refractivity contribution in [3.63, 3.8) is 0 Å². The van der Waals surface area contributed by atoms with Gasteiger partial charge in [-0.1, -0.05) is 12.8 Å². The van der Waals surface area contributed by atoms with Crippen LogP contribution in [0.3, 0.4) is 0 Å². The van der Waals surface area contributed by atoms with Crippen molar-refractivity contribution in [1.29, 1.82) is 0 Å². The van der Waals surface area contributed by atoms with Gasteiger partial charge in [0, 0.05) is 30.1 Å². The topological polar surface area (TPSA) is 130 Å². The summed E-state index contributed by atoms with van der Waals surface area (Å²) in [4.78, 5) is 22.9. The Hall–Kier alpha value is -2.26. The fourth-order valence-electron chi connectivity index (χ4n) is 5.35. The van der Waals surface area contributed by atoms with E-state index >= 15 is 0 Å². The fraction of sp³-hybridized carbons (Fsp3) is 0.760. The van der Waals surface area contributed by atoms with E-state index in [-0.39, 0.29) is 36.6 Å². The highest BCUT2D eigenvalue weighted by molar-refractivity contribution is 5.78. The molecule has 2 fully saturated rings. The number of aromatic hydroxyl groups is 2. The molecule has 2 aliphatic carbocycles. The van der Waals surface area contributed by atoms with Gasteiger partial charge in [0.05, 0.1) is 32.8 Å². The zero-order chi connectivity index (χ0) is 24.5. The van der Waals surface area contributed by atoms with Crippen LogP contribution in [0.25, 0.3) is 0 Å². The summed E-state index contributed by atoms with van der Waals surface area (Å²) < 4.78 is 12.2. The predicted molar refractivity (Wildman–Crippen MR) is 126 cm³/mol. The smallest absolute Gasteiger partial charge is 0.305 e. The number of hydrogen-bond donors (Lipinski definition) is 4. The van der Waals surface area contributed by atoms with Crippen LogP contribution in [0.1, 0.15) is 74.8 Å². The number of carbonyl (C=O) groups is 2. The first-order valence-corrected chi connectivity index (χ1v) is 12.6. The van der Waals surface area contributed by atoms with Gasteiger partial charge < -0.3 is 30.1 Å². The molecule has 34 heavy (non-hydrogen) atoms. The van der Waals surface area contributed by atoms with E-state index < -0.39 is 5.97 Å². The Morgan fingerprint density at radius 1 is 0.941 bits per heavy atom. The number of carboxylic acids is 1. The average molecular weight is 481 g/mol. The molecule has 0 saturated heterocycles. The normalized spacial score (nSPS) is 21.1. The van der Waals surface area contributed by atoms with Crippen LogP contribution >= 0.6 is 0 Å². The van der Waals surface area contributed by atoms with Crippen molar-refractivity contribution in [3.8, 4) is 11.8 Å². The van der Waals surface area contributed by atoms with E-state index in [2.05, 4.69) is 5.32 Å². The largest absolute Gasteiger partial charge is 0.494 e. The molecule has 1 amide bonds. The van der Waals surface area contributed by atoms with Crippen molar-refractivity contribution in [3.05, 3.63) is 11.1 Å². The first kappa shape index (κ1) is 26.3. The second-order valence-corrected chi connectivity index (χ2v) is 9.66. The summed E-state index contributed by atoms with van der Waals surface area (Å²) in [7, 11) is 0. The van der Waals surface area contributed by atoms with Crippen LogP contribution in [0.15, 0.2) is 0 Å². The van der Waals surface area contributed by atoms with Gasteiger partial charge in [-0.05, 0) is 57.3 Å². The van der Waals surface area contributed by atoms with Crippen molar-refractivity contribution >= 4 is 11.9 Å². The maximum atomic E-state index is 12.5.